The molecular weight excluding hydrogens is 468 g/mol. The molecule has 2 saturated heterocycles. The summed E-state index contributed by atoms with van der Waals surface area (Å²) >= 11 is 0. The normalized spacial score (nSPS) is 20.0. The molecule has 37 heavy (non-hydrogen) atoms. The highest BCUT2D eigenvalue weighted by atomic mass is 16.5. The molecule has 0 bridgehead atoms. The van der Waals surface area contributed by atoms with Crippen molar-refractivity contribution in [2.75, 3.05) is 46.0 Å². The molecule has 0 radical (unpaired) electrons. The number of unbranched alkanes of at least 4 members (excludes halogenated alkanes) is 1. The molecule has 2 aliphatic heterocycles. The van der Waals surface area contributed by atoms with Gasteiger partial charge in [0.25, 0.3) is 11.7 Å². The number of aryl methyl sites for hydroxylation is 2. The maximum absolute atomic E-state index is 13.3. The summed E-state index contributed by atoms with van der Waals surface area (Å²) in [6.45, 7) is 11.0. The van der Waals surface area contributed by atoms with Crippen LogP contribution in [0.2, 0.25) is 0 Å². The molecule has 7 heteroatoms. The van der Waals surface area contributed by atoms with Gasteiger partial charge in [0.15, 0.2) is 0 Å². The van der Waals surface area contributed by atoms with Crippen LogP contribution in [0.3, 0.4) is 0 Å². The molecular formula is C30H38N2O5. The van der Waals surface area contributed by atoms with Gasteiger partial charge >= 0.3 is 0 Å². The maximum Gasteiger partial charge on any atom is 0.295 e. The van der Waals surface area contributed by atoms with Crippen molar-refractivity contribution in [1.82, 2.24) is 9.80 Å². The van der Waals surface area contributed by atoms with Gasteiger partial charge in [-0.2, -0.15) is 0 Å². The van der Waals surface area contributed by atoms with Gasteiger partial charge in [0.2, 0.25) is 0 Å². The van der Waals surface area contributed by atoms with E-state index in [0.29, 0.717) is 18.7 Å². The highest BCUT2D eigenvalue weighted by Crippen LogP contribution is 2.40. The SMILES string of the molecule is CCCCOc1ccc(/C(O)=C2\C(=O)C(=O)N(CCCN3CCOCC3)[C@H]2c2ccc(C)cc2)c(C)c1. The first kappa shape index (κ1) is 26.9. The average molecular weight is 507 g/mol. The van der Waals surface area contributed by atoms with Crippen molar-refractivity contribution in [3.63, 3.8) is 0 Å². The number of aliphatic hydroxyl groups is 1. The van der Waals surface area contributed by atoms with E-state index in [0.717, 1.165) is 74.6 Å². The predicted octanol–water partition coefficient (Wildman–Crippen LogP) is 4.63. The molecule has 0 spiro atoms. The minimum atomic E-state index is -0.642. The zero-order valence-electron chi connectivity index (χ0n) is 22.2. The second kappa shape index (κ2) is 12.4. The van der Waals surface area contributed by atoms with Crippen LogP contribution >= 0.6 is 0 Å². The van der Waals surface area contributed by atoms with Crippen LogP contribution in [0.4, 0.5) is 0 Å². The van der Waals surface area contributed by atoms with Gasteiger partial charge < -0.3 is 19.5 Å². The minimum Gasteiger partial charge on any atom is -0.507 e. The van der Waals surface area contributed by atoms with Gasteiger partial charge in [0, 0.05) is 31.7 Å². The zero-order chi connectivity index (χ0) is 26.4. The Hall–Kier alpha value is -3.16. The molecule has 7 nitrogen and oxygen atoms in total. The van der Waals surface area contributed by atoms with Crippen molar-refractivity contribution in [3.8, 4) is 5.75 Å². The molecule has 0 unspecified atom stereocenters. The Labute approximate surface area is 219 Å². The summed E-state index contributed by atoms with van der Waals surface area (Å²) in [4.78, 5) is 30.5. The quantitative estimate of drug-likeness (QED) is 0.219. The second-order valence-electron chi connectivity index (χ2n) is 9.89. The van der Waals surface area contributed by atoms with E-state index in [-0.39, 0.29) is 11.3 Å². The number of Topliss-reactive ketones (excluding diaryl/α,β-unsaturated/α-hetero) is 1. The number of hydrogen-bond donors (Lipinski definition) is 1. The molecule has 1 N–H and O–H groups in total. The summed E-state index contributed by atoms with van der Waals surface area (Å²) in [6, 6.07) is 12.6. The Morgan fingerprint density at radius 2 is 1.76 bits per heavy atom. The van der Waals surface area contributed by atoms with Crippen molar-refractivity contribution < 1.29 is 24.2 Å². The number of ether oxygens (including phenoxy) is 2. The topological polar surface area (TPSA) is 79.3 Å². The van der Waals surface area contributed by atoms with Crippen molar-refractivity contribution in [2.45, 2.75) is 46.1 Å². The lowest BCUT2D eigenvalue weighted by Crippen LogP contribution is -2.38. The molecule has 0 aliphatic carbocycles. The molecule has 1 amide bonds. The number of likely N-dealkylation sites (tertiary alicyclic amines) is 1. The molecule has 2 aromatic carbocycles. The number of ketones is 1. The van der Waals surface area contributed by atoms with Crippen molar-refractivity contribution in [1.29, 1.82) is 0 Å². The summed E-state index contributed by atoms with van der Waals surface area (Å²) in [6.07, 6.45) is 2.74. The first-order chi connectivity index (χ1) is 17.9. The van der Waals surface area contributed by atoms with Crippen LogP contribution in [0.15, 0.2) is 48.0 Å². The summed E-state index contributed by atoms with van der Waals surface area (Å²) in [5, 5.41) is 11.4. The van der Waals surface area contributed by atoms with Crippen LogP contribution in [0.5, 0.6) is 5.75 Å². The fraction of sp³-hybridized carbons (Fsp3) is 0.467. The molecule has 2 fully saturated rings. The number of hydrogen-bond acceptors (Lipinski definition) is 6. The van der Waals surface area contributed by atoms with Gasteiger partial charge in [-0.15, -0.1) is 0 Å². The molecule has 0 aromatic heterocycles. The monoisotopic (exact) mass is 506 g/mol. The smallest absolute Gasteiger partial charge is 0.295 e. The third-order valence-corrected chi connectivity index (χ3v) is 7.13. The van der Waals surface area contributed by atoms with Crippen molar-refractivity contribution in [3.05, 3.63) is 70.3 Å². The van der Waals surface area contributed by atoms with Gasteiger partial charge in [-0.3, -0.25) is 14.5 Å². The Morgan fingerprint density at radius 3 is 2.43 bits per heavy atom. The minimum absolute atomic E-state index is 0.141. The van der Waals surface area contributed by atoms with Gasteiger partial charge in [0.1, 0.15) is 11.5 Å². The van der Waals surface area contributed by atoms with E-state index >= 15 is 0 Å². The molecule has 2 heterocycles. The standard InChI is InChI=1S/C30H38N2O5/c1-4-5-17-37-24-11-12-25(22(3)20-24)28(33)26-27(23-9-7-21(2)8-10-23)32(30(35)29(26)34)14-6-13-31-15-18-36-19-16-31/h7-12,20,27,33H,4-6,13-19H2,1-3H3/b28-26+/t27-/m0/s1. The molecule has 4 rings (SSSR count). The van der Waals surface area contributed by atoms with E-state index in [1.165, 1.54) is 0 Å². The first-order valence-electron chi connectivity index (χ1n) is 13.3. The molecule has 2 aromatic rings. The molecule has 198 valence electrons. The van der Waals surface area contributed by atoms with E-state index < -0.39 is 17.7 Å². The number of benzene rings is 2. The van der Waals surface area contributed by atoms with Crippen LogP contribution in [0, 0.1) is 13.8 Å². The van der Waals surface area contributed by atoms with E-state index in [4.69, 9.17) is 9.47 Å². The van der Waals surface area contributed by atoms with E-state index in [2.05, 4.69) is 11.8 Å². The lowest BCUT2D eigenvalue weighted by Gasteiger charge is -2.29. The number of aliphatic hydroxyl groups excluding tert-OH is 1. The summed E-state index contributed by atoms with van der Waals surface area (Å²) in [5.41, 5.74) is 3.36. The highest BCUT2D eigenvalue weighted by Gasteiger charge is 2.45. The lowest BCUT2D eigenvalue weighted by molar-refractivity contribution is -0.140. The highest BCUT2D eigenvalue weighted by molar-refractivity contribution is 6.46. The summed E-state index contributed by atoms with van der Waals surface area (Å²) in [7, 11) is 0. The van der Waals surface area contributed by atoms with Crippen LogP contribution < -0.4 is 4.74 Å². The van der Waals surface area contributed by atoms with Crippen LogP contribution in [0.1, 0.15) is 54.5 Å². The molecule has 2 aliphatic rings. The van der Waals surface area contributed by atoms with Gasteiger partial charge in [-0.05, 0) is 56.0 Å². The number of carbonyl (C=O) groups excluding carboxylic acids is 2. The number of carbonyl (C=O) groups is 2. The number of amides is 1. The largest absolute Gasteiger partial charge is 0.507 e. The fourth-order valence-electron chi connectivity index (χ4n) is 4.97. The molecule has 1 atom stereocenters. The predicted molar refractivity (Wildman–Crippen MR) is 144 cm³/mol. The van der Waals surface area contributed by atoms with Crippen LogP contribution in [-0.2, 0) is 14.3 Å². The summed E-state index contributed by atoms with van der Waals surface area (Å²) in [5.74, 6) is -0.623. The van der Waals surface area contributed by atoms with E-state index in [1.54, 1.807) is 17.0 Å². The van der Waals surface area contributed by atoms with Crippen LogP contribution in [0.25, 0.3) is 5.76 Å². The Morgan fingerprint density at radius 1 is 1.03 bits per heavy atom. The first-order valence-corrected chi connectivity index (χ1v) is 13.3. The fourth-order valence-corrected chi connectivity index (χ4v) is 4.97. The third-order valence-electron chi connectivity index (χ3n) is 7.13. The van der Waals surface area contributed by atoms with Gasteiger partial charge in [-0.25, -0.2) is 0 Å². The number of morpholine rings is 1. The van der Waals surface area contributed by atoms with Gasteiger partial charge in [-0.1, -0.05) is 43.2 Å². The Kier molecular flexibility index (Phi) is 9.00. The van der Waals surface area contributed by atoms with Crippen molar-refractivity contribution >= 4 is 17.4 Å². The molecule has 0 saturated carbocycles. The summed E-state index contributed by atoms with van der Waals surface area (Å²) < 4.78 is 11.2. The Bertz CT molecular complexity index is 1140. The van der Waals surface area contributed by atoms with Crippen LogP contribution in [-0.4, -0.2) is 72.6 Å². The van der Waals surface area contributed by atoms with E-state index in [9.17, 15) is 14.7 Å². The number of nitrogens with zero attached hydrogens (tertiary/aromatic N) is 2. The maximum atomic E-state index is 13.3. The average Bonchev–Trinajstić information content (AvgIpc) is 3.15. The zero-order valence-corrected chi connectivity index (χ0v) is 22.2. The third kappa shape index (κ3) is 6.22. The number of rotatable bonds is 10. The van der Waals surface area contributed by atoms with Gasteiger partial charge in [0.05, 0.1) is 31.4 Å². The lowest BCUT2D eigenvalue weighted by atomic mass is 9.93. The van der Waals surface area contributed by atoms with E-state index in [1.807, 2.05) is 44.2 Å². The van der Waals surface area contributed by atoms with Crippen molar-refractivity contribution in [2.24, 2.45) is 0 Å². The second-order valence-corrected chi connectivity index (χ2v) is 9.89. The Balaban J connectivity index is 1.64.